The number of hydrogen-bond donors (Lipinski definition) is 5. The Morgan fingerprint density at radius 2 is 2.17 bits per heavy atom. The van der Waals surface area contributed by atoms with Gasteiger partial charge in [-0.1, -0.05) is 6.42 Å². The van der Waals surface area contributed by atoms with Gasteiger partial charge in [-0.3, -0.25) is 9.32 Å². The van der Waals surface area contributed by atoms with Crippen molar-refractivity contribution in [1.82, 2.24) is 10.6 Å². The maximum atomic E-state index is 11.9. The molecule has 0 saturated carbocycles. The molecule has 4 atom stereocenters. The molecule has 6 N–H and O–H groups in total. The summed E-state index contributed by atoms with van der Waals surface area (Å²) in [6.07, 6.45) is 1.15. The first-order valence-corrected chi connectivity index (χ1v) is 10.0. The van der Waals surface area contributed by atoms with E-state index >= 15 is 0 Å². The summed E-state index contributed by atoms with van der Waals surface area (Å²) >= 11 is 1.80. The molecule has 0 aliphatic carbocycles. The van der Waals surface area contributed by atoms with Gasteiger partial charge in [-0.15, -0.1) is 0 Å². The van der Waals surface area contributed by atoms with E-state index in [0.717, 1.165) is 18.6 Å². The third-order valence-electron chi connectivity index (χ3n) is 3.94. The standard InChI is InChI=1S/C12H22N3O6PS/c13-5-9(21-22(18,19)20)8(16)3-1-2-4-10-11-7(6-23-10)14-12(17)15-11/h7,9-11H,1-6,13H2,(H2,14,15,17)(H2,18,19,20)/t7-,9?,10-,11-/m0/s1. The molecule has 0 aromatic heterocycles. The van der Waals surface area contributed by atoms with E-state index in [-0.39, 0.29) is 31.1 Å². The number of nitrogens with one attached hydrogen (secondary N) is 2. The van der Waals surface area contributed by atoms with Gasteiger partial charge in [0.15, 0.2) is 5.78 Å². The van der Waals surface area contributed by atoms with Crippen LogP contribution in [0.5, 0.6) is 0 Å². The van der Waals surface area contributed by atoms with Crippen LogP contribution in [0.25, 0.3) is 0 Å². The van der Waals surface area contributed by atoms with Crippen LogP contribution in [0.15, 0.2) is 0 Å². The Balaban J connectivity index is 1.68. The molecule has 132 valence electrons. The van der Waals surface area contributed by atoms with Gasteiger partial charge in [0.1, 0.15) is 6.10 Å². The van der Waals surface area contributed by atoms with Crippen molar-refractivity contribution in [3.05, 3.63) is 0 Å². The summed E-state index contributed by atoms with van der Waals surface area (Å²) in [7, 11) is -4.72. The van der Waals surface area contributed by atoms with Gasteiger partial charge in [-0.2, -0.15) is 11.8 Å². The minimum atomic E-state index is -4.72. The number of Topliss-reactive ketones (excluding diaryl/α,β-unsaturated/α-hetero) is 1. The van der Waals surface area contributed by atoms with Crippen LogP contribution in [-0.2, 0) is 13.9 Å². The van der Waals surface area contributed by atoms with Crippen molar-refractivity contribution in [2.24, 2.45) is 5.73 Å². The largest absolute Gasteiger partial charge is 0.470 e. The molecule has 2 aliphatic heterocycles. The summed E-state index contributed by atoms with van der Waals surface area (Å²) in [5.74, 6) is 0.488. The summed E-state index contributed by atoms with van der Waals surface area (Å²) in [4.78, 5) is 40.6. The zero-order valence-corrected chi connectivity index (χ0v) is 14.2. The molecule has 2 heterocycles. The average Bonchev–Trinajstić information content (AvgIpc) is 2.99. The van der Waals surface area contributed by atoms with Crippen LogP contribution in [0.4, 0.5) is 4.79 Å². The number of phosphoric acid groups is 1. The molecule has 1 unspecified atom stereocenters. The number of carbonyl (C=O) groups excluding carboxylic acids is 2. The van der Waals surface area contributed by atoms with E-state index in [0.29, 0.717) is 11.7 Å². The van der Waals surface area contributed by atoms with Crippen LogP contribution in [0.3, 0.4) is 0 Å². The highest BCUT2D eigenvalue weighted by atomic mass is 32.2. The Morgan fingerprint density at radius 3 is 2.83 bits per heavy atom. The van der Waals surface area contributed by atoms with Gasteiger partial charge in [-0.05, 0) is 12.8 Å². The summed E-state index contributed by atoms with van der Waals surface area (Å²) in [5.41, 5.74) is 5.32. The third kappa shape index (κ3) is 5.44. The molecule has 2 amide bonds. The van der Waals surface area contributed by atoms with Gasteiger partial charge in [0.05, 0.1) is 12.1 Å². The fourth-order valence-electron chi connectivity index (χ4n) is 2.85. The summed E-state index contributed by atoms with van der Waals surface area (Å²) in [6.45, 7) is -0.260. The summed E-state index contributed by atoms with van der Waals surface area (Å²) in [6, 6.07) is 0.191. The Morgan fingerprint density at radius 1 is 1.43 bits per heavy atom. The molecule has 0 aromatic rings. The number of unbranched alkanes of at least 4 members (excludes halogenated alkanes) is 1. The number of nitrogens with two attached hydrogens (primary N) is 1. The van der Waals surface area contributed by atoms with Crippen molar-refractivity contribution >= 4 is 31.4 Å². The minimum Gasteiger partial charge on any atom is -0.332 e. The quantitative estimate of drug-likeness (QED) is 0.212. The van der Waals surface area contributed by atoms with Crippen LogP contribution in [0, 0.1) is 0 Å². The predicted octanol–water partition coefficient (Wildman–Crippen LogP) is -0.282. The second-order valence-electron chi connectivity index (χ2n) is 5.65. The molecule has 0 aromatic carbocycles. The Labute approximate surface area is 138 Å². The van der Waals surface area contributed by atoms with Crippen LogP contribution in [0.1, 0.15) is 25.7 Å². The number of phosphoric ester groups is 1. The second-order valence-corrected chi connectivity index (χ2v) is 8.12. The zero-order chi connectivity index (χ0) is 17.0. The number of thioether (sulfide) groups is 1. The van der Waals surface area contributed by atoms with E-state index in [1.54, 1.807) is 11.8 Å². The highest BCUT2D eigenvalue weighted by molar-refractivity contribution is 8.00. The first-order valence-electron chi connectivity index (χ1n) is 7.45. The zero-order valence-electron chi connectivity index (χ0n) is 12.5. The van der Waals surface area contributed by atoms with E-state index in [1.807, 2.05) is 0 Å². The number of rotatable bonds is 9. The van der Waals surface area contributed by atoms with Gasteiger partial charge >= 0.3 is 13.9 Å². The van der Waals surface area contributed by atoms with Crippen molar-refractivity contribution in [2.75, 3.05) is 12.3 Å². The van der Waals surface area contributed by atoms with E-state index in [9.17, 15) is 14.2 Å². The summed E-state index contributed by atoms with van der Waals surface area (Å²) in [5, 5.41) is 6.10. The fraction of sp³-hybridized carbons (Fsp3) is 0.833. The number of fused-ring (bicyclic) bond motifs is 1. The maximum Gasteiger partial charge on any atom is 0.470 e. The van der Waals surface area contributed by atoms with Crippen LogP contribution in [-0.4, -0.2) is 57.3 Å². The highest BCUT2D eigenvalue weighted by Crippen LogP contribution is 2.38. The van der Waals surface area contributed by atoms with Gasteiger partial charge in [0.2, 0.25) is 0 Å². The number of ketones is 1. The molecule has 2 fully saturated rings. The number of carbonyl (C=O) groups is 2. The lowest BCUT2D eigenvalue weighted by Gasteiger charge is -2.17. The van der Waals surface area contributed by atoms with Gasteiger partial charge in [-0.25, -0.2) is 9.36 Å². The maximum absolute atomic E-state index is 11.9. The normalized spacial score (nSPS) is 28.1. The van der Waals surface area contributed by atoms with Crippen LogP contribution < -0.4 is 16.4 Å². The Bertz CT molecular complexity index is 501. The number of urea groups is 1. The number of amides is 2. The Kier molecular flexibility index (Phi) is 6.47. The first kappa shape index (κ1) is 18.7. The molecule has 2 saturated heterocycles. The molecule has 2 aliphatic rings. The Hall–Kier alpha value is -0.640. The average molecular weight is 367 g/mol. The molecular weight excluding hydrogens is 345 g/mol. The monoisotopic (exact) mass is 367 g/mol. The number of hydrogen-bond acceptors (Lipinski definition) is 6. The van der Waals surface area contributed by atoms with Gasteiger partial charge in [0, 0.05) is 24.0 Å². The third-order valence-corrected chi connectivity index (χ3v) is 5.98. The molecular formula is C12H22N3O6PS. The molecule has 11 heteroatoms. The van der Waals surface area contributed by atoms with Gasteiger partial charge < -0.3 is 26.2 Å². The van der Waals surface area contributed by atoms with E-state index < -0.39 is 19.7 Å². The molecule has 0 bridgehead atoms. The highest BCUT2D eigenvalue weighted by Gasteiger charge is 2.42. The van der Waals surface area contributed by atoms with E-state index in [4.69, 9.17) is 15.5 Å². The molecule has 0 spiro atoms. The smallest absolute Gasteiger partial charge is 0.332 e. The van der Waals surface area contributed by atoms with Crippen molar-refractivity contribution in [2.45, 2.75) is 49.1 Å². The van der Waals surface area contributed by atoms with Crippen molar-refractivity contribution in [1.29, 1.82) is 0 Å². The summed E-state index contributed by atoms with van der Waals surface area (Å²) < 4.78 is 15.1. The van der Waals surface area contributed by atoms with Crippen LogP contribution >= 0.6 is 19.6 Å². The lowest BCUT2D eigenvalue weighted by molar-refractivity contribution is -0.126. The topological polar surface area (TPSA) is 151 Å². The van der Waals surface area contributed by atoms with Crippen LogP contribution in [0.2, 0.25) is 0 Å². The SMILES string of the molecule is NCC(OP(=O)(O)O)C(=O)CCCC[C@@H]1SC[C@@H]2NC(=O)N[C@@H]21. The fourth-order valence-corrected chi connectivity index (χ4v) is 4.93. The second kappa shape index (κ2) is 7.96. The lowest BCUT2D eigenvalue weighted by atomic mass is 10.0. The molecule has 2 rings (SSSR count). The molecule has 9 nitrogen and oxygen atoms in total. The minimum absolute atomic E-state index is 0.124. The van der Waals surface area contributed by atoms with E-state index in [2.05, 4.69) is 15.2 Å². The molecule has 23 heavy (non-hydrogen) atoms. The molecule has 0 radical (unpaired) electrons. The van der Waals surface area contributed by atoms with Crippen molar-refractivity contribution in [3.8, 4) is 0 Å². The first-order chi connectivity index (χ1) is 10.8. The van der Waals surface area contributed by atoms with E-state index in [1.165, 1.54) is 0 Å². The lowest BCUT2D eigenvalue weighted by Crippen LogP contribution is -2.36. The van der Waals surface area contributed by atoms with Gasteiger partial charge in [0.25, 0.3) is 0 Å². The predicted molar refractivity (Wildman–Crippen MR) is 84.9 cm³/mol. The van der Waals surface area contributed by atoms with Crippen molar-refractivity contribution < 1.29 is 28.5 Å². The van der Waals surface area contributed by atoms with Crippen molar-refractivity contribution in [3.63, 3.8) is 0 Å².